The molecule has 3 heterocycles. The molecule has 0 radical (unpaired) electrons. The summed E-state index contributed by atoms with van der Waals surface area (Å²) in [6.45, 7) is 16.6. The van der Waals surface area contributed by atoms with E-state index < -0.39 is 41.0 Å². The molecule has 1 saturated carbocycles. The van der Waals surface area contributed by atoms with Gasteiger partial charge < -0.3 is 39.6 Å². The van der Waals surface area contributed by atoms with Gasteiger partial charge in [0.25, 0.3) is 0 Å². The Morgan fingerprint density at radius 3 is 2.31 bits per heavy atom. The maximum absolute atomic E-state index is 14.6. The molecule has 3 aliphatic heterocycles. The van der Waals surface area contributed by atoms with Crippen molar-refractivity contribution in [3.63, 3.8) is 0 Å². The highest BCUT2D eigenvalue weighted by Gasteiger charge is 2.55. The first kappa shape index (κ1) is 39.3. The van der Waals surface area contributed by atoms with Crippen LogP contribution in [0, 0.1) is 29.1 Å². The molecule has 4 rings (SSSR count). The normalized spacial score (nSPS) is 43.4. The number of fused-ring (bicyclic) bond motifs is 1. The minimum atomic E-state index is -1.35. The Morgan fingerprint density at radius 1 is 1.06 bits per heavy atom. The van der Waals surface area contributed by atoms with Gasteiger partial charge in [0.1, 0.15) is 17.5 Å². The van der Waals surface area contributed by atoms with E-state index in [-0.39, 0.29) is 66.3 Å². The summed E-state index contributed by atoms with van der Waals surface area (Å²) in [6.07, 6.45) is 1.54. The van der Waals surface area contributed by atoms with Crippen LogP contribution < -0.4 is 10.6 Å². The zero-order valence-electron chi connectivity index (χ0n) is 31.5. The van der Waals surface area contributed by atoms with E-state index in [1.54, 1.807) is 27.9 Å². The first-order chi connectivity index (χ1) is 22.4. The number of ketones is 2. The number of likely N-dealkylation sites (N-methyl/N-ethyl adjacent to an activating group) is 1. The zero-order chi connectivity index (χ0) is 35.8. The van der Waals surface area contributed by atoms with Crippen molar-refractivity contribution in [3.05, 3.63) is 0 Å². The highest BCUT2D eigenvalue weighted by Crippen LogP contribution is 2.45. The van der Waals surface area contributed by atoms with Crippen molar-refractivity contribution < 1.29 is 38.4 Å². The molecule has 4 aliphatic rings. The van der Waals surface area contributed by atoms with Crippen molar-refractivity contribution in [2.45, 2.75) is 154 Å². The third-order valence-corrected chi connectivity index (χ3v) is 12.2. The lowest BCUT2D eigenvalue weighted by atomic mass is 9.68. The second-order valence-corrected chi connectivity index (χ2v) is 16.6. The summed E-state index contributed by atoms with van der Waals surface area (Å²) < 4.78 is 25.6. The number of aliphatic hydroxyl groups excluding tert-OH is 1. The first-order valence-corrected chi connectivity index (χ1v) is 18.3. The minimum absolute atomic E-state index is 0.0532. The number of Topliss-reactive ketones (excluding diaryl/α,β-unsaturated/α-hetero) is 2. The van der Waals surface area contributed by atoms with Crippen LogP contribution in [0.1, 0.15) is 100 Å². The lowest BCUT2D eigenvalue weighted by Crippen LogP contribution is -2.60. The summed E-state index contributed by atoms with van der Waals surface area (Å²) in [5.74, 6) is -1.76. The van der Waals surface area contributed by atoms with E-state index in [0.29, 0.717) is 38.4 Å². The van der Waals surface area contributed by atoms with Gasteiger partial charge in [-0.1, -0.05) is 20.8 Å². The summed E-state index contributed by atoms with van der Waals surface area (Å²) in [4.78, 5) is 43.5. The molecule has 0 amide bonds. The molecular weight excluding hydrogens is 614 g/mol. The highest BCUT2D eigenvalue weighted by molar-refractivity contribution is 6.07. The van der Waals surface area contributed by atoms with Crippen LogP contribution in [0.2, 0.25) is 0 Å². The van der Waals surface area contributed by atoms with Crippen LogP contribution in [0.25, 0.3) is 0 Å². The van der Waals surface area contributed by atoms with Crippen LogP contribution in [0.5, 0.6) is 0 Å². The number of rotatable bonds is 8. The quantitative estimate of drug-likeness (QED) is 0.257. The average Bonchev–Trinajstić information content (AvgIpc) is 3.81. The molecule has 1 unspecified atom stereocenters. The summed E-state index contributed by atoms with van der Waals surface area (Å²) in [6, 6.07) is 0.248. The van der Waals surface area contributed by atoms with E-state index in [1.807, 2.05) is 39.8 Å². The Hall–Kier alpha value is -1.47. The number of aliphatic hydroxyl groups is 1. The van der Waals surface area contributed by atoms with Gasteiger partial charge in [0, 0.05) is 56.0 Å². The second kappa shape index (κ2) is 15.4. The Morgan fingerprint density at radius 2 is 1.73 bits per heavy atom. The van der Waals surface area contributed by atoms with Crippen LogP contribution >= 0.6 is 0 Å². The van der Waals surface area contributed by atoms with Crippen molar-refractivity contribution >= 4 is 17.5 Å². The lowest BCUT2D eigenvalue weighted by Gasteiger charge is -2.47. The number of carbonyl (C=O) groups excluding carboxylic acids is 3. The Labute approximate surface area is 288 Å². The van der Waals surface area contributed by atoms with E-state index >= 15 is 0 Å². The molecule has 11 nitrogen and oxygen atoms in total. The molecule has 0 aromatic carbocycles. The fourth-order valence-electron chi connectivity index (χ4n) is 8.69. The third-order valence-electron chi connectivity index (χ3n) is 12.2. The SMILES string of the molecule is CC[C@H]1CC(=O)C(C)(C)C(=O)[C@H](C)[C@@H](O[C@@H]2O[C@H](CNC3CC3)CC(N(C)C)[C@H]2O)[C@](C)(OC)C[C@@H](C)CN[C@H](C)[C@H]2CC(=O)O[C@]12C. The molecular formula is C37H65N3O8. The van der Waals surface area contributed by atoms with Gasteiger partial charge in [-0.3, -0.25) is 14.4 Å². The molecule has 276 valence electrons. The molecule has 3 N–H and O–H groups in total. The number of carbonyl (C=O) groups is 3. The fraction of sp³-hybridized carbons (Fsp3) is 0.919. The Balaban J connectivity index is 1.70. The maximum atomic E-state index is 14.6. The third kappa shape index (κ3) is 8.35. The number of methoxy groups -OCH3 is 1. The van der Waals surface area contributed by atoms with E-state index in [1.165, 1.54) is 0 Å². The van der Waals surface area contributed by atoms with E-state index in [2.05, 4.69) is 24.5 Å². The van der Waals surface area contributed by atoms with Gasteiger partial charge in [-0.2, -0.15) is 0 Å². The van der Waals surface area contributed by atoms with Gasteiger partial charge in [0.15, 0.2) is 12.1 Å². The maximum Gasteiger partial charge on any atom is 0.306 e. The predicted octanol–water partition coefficient (Wildman–Crippen LogP) is 3.49. The van der Waals surface area contributed by atoms with Crippen molar-refractivity contribution in [2.24, 2.45) is 29.1 Å². The van der Waals surface area contributed by atoms with Crippen molar-refractivity contribution in [1.82, 2.24) is 15.5 Å². The number of nitrogens with zero attached hydrogens (tertiary/aromatic N) is 1. The smallest absolute Gasteiger partial charge is 0.306 e. The summed E-state index contributed by atoms with van der Waals surface area (Å²) in [5.41, 5.74) is -3.15. The second-order valence-electron chi connectivity index (χ2n) is 16.6. The van der Waals surface area contributed by atoms with Gasteiger partial charge in [-0.15, -0.1) is 0 Å². The largest absolute Gasteiger partial charge is 0.459 e. The molecule has 1 aliphatic carbocycles. The van der Waals surface area contributed by atoms with Gasteiger partial charge in [0.2, 0.25) is 0 Å². The van der Waals surface area contributed by atoms with Gasteiger partial charge in [0.05, 0.1) is 29.6 Å². The van der Waals surface area contributed by atoms with Gasteiger partial charge in [-0.05, 0) is 93.3 Å². The van der Waals surface area contributed by atoms with Crippen molar-refractivity contribution in [3.8, 4) is 0 Å². The Kier molecular flexibility index (Phi) is 12.6. The molecule has 3 saturated heterocycles. The number of hydrogen-bond acceptors (Lipinski definition) is 11. The molecule has 0 aromatic rings. The molecule has 11 heteroatoms. The van der Waals surface area contributed by atoms with Crippen LogP contribution in [0.3, 0.4) is 0 Å². The van der Waals surface area contributed by atoms with Crippen molar-refractivity contribution in [1.29, 1.82) is 0 Å². The molecule has 0 aromatic heterocycles. The zero-order valence-corrected chi connectivity index (χ0v) is 31.5. The average molecular weight is 680 g/mol. The number of ether oxygens (including phenoxy) is 4. The van der Waals surface area contributed by atoms with Crippen LogP contribution in [0.4, 0.5) is 0 Å². The van der Waals surface area contributed by atoms with E-state index in [4.69, 9.17) is 18.9 Å². The molecule has 4 fully saturated rings. The standard InChI is InChI=1S/C37H65N3O8/c1-12-24-15-29(41)35(5,6)32(44)22(3)33(47-34-31(43)28(40(9)10)16-26(46-34)20-39-25-13-14-25)36(7,45-11)18-21(2)19-38-23(4)27-17-30(42)48-37(24,27)8/h21-28,31,33-34,38-39,43H,12-20H2,1-11H3/t21-,22+,23-,24+,26+,27-,28?,31-,33-,34+,36-,37-/m1/s1. The fourth-order valence-corrected chi connectivity index (χ4v) is 8.69. The van der Waals surface area contributed by atoms with Gasteiger partial charge in [-0.25, -0.2) is 0 Å². The van der Waals surface area contributed by atoms with Crippen LogP contribution in [-0.4, -0.2) is 116 Å². The minimum Gasteiger partial charge on any atom is -0.459 e. The Bertz CT molecular complexity index is 1150. The van der Waals surface area contributed by atoms with Crippen molar-refractivity contribution in [2.75, 3.05) is 34.3 Å². The molecule has 0 bridgehead atoms. The first-order valence-electron chi connectivity index (χ1n) is 18.3. The molecule has 48 heavy (non-hydrogen) atoms. The lowest BCUT2D eigenvalue weighted by molar-refractivity contribution is -0.297. The van der Waals surface area contributed by atoms with Crippen LogP contribution in [0.15, 0.2) is 0 Å². The van der Waals surface area contributed by atoms with E-state index in [0.717, 1.165) is 12.8 Å². The predicted molar refractivity (Wildman–Crippen MR) is 183 cm³/mol. The molecule has 12 atom stereocenters. The summed E-state index contributed by atoms with van der Waals surface area (Å²) >= 11 is 0. The van der Waals surface area contributed by atoms with Crippen LogP contribution in [-0.2, 0) is 33.3 Å². The highest BCUT2D eigenvalue weighted by atomic mass is 16.7. The number of esters is 1. The molecule has 0 spiro atoms. The van der Waals surface area contributed by atoms with Gasteiger partial charge >= 0.3 is 5.97 Å². The van der Waals surface area contributed by atoms with E-state index in [9.17, 15) is 19.5 Å². The topological polar surface area (TPSA) is 136 Å². The summed E-state index contributed by atoms with van der Waals surface area (Å²) in [5, 5.41) is 18.8. The number of hydrogen-bond donors (Lipinski definition) is 3. The number of nitrogens with one attached hydrogen (secondary N) is 2. The summed E-state index contributed by atoms with van der Waals surface area (Å²) in [7, 11) is 5.52. The monoisotopic (exact) mass is 679 g/mol.